The van der Waals surface area contributed by atoms with Crippen LogP contribution in [-0.2, 0) is 0 Å². The maximum atomic E-state index is 13.2. The number of hydrogen-bond acceptors (Lipinski definition) is 1. The van der Waals surface area contributed by atoms with Crippen LogP contribution in [0.15, 0.2) is 0 Å². The van der Waals surface area contributed by atoms with Crippen molar-refractivity contribution in [3.63, 3.8) is 0 Å². The van der Waals surface area contributed by atoms with Crippen molar-refractivity contribution in [2.24, 2.45) is 0 Å². The molecule has 1 nitrogen and oxygen atoms in total. The largest absolute Gasteiger partial charge is 0.460 e. The molecule has 0 rings (SSSR count). The van der Waals surface area contributed by atoms with Crippen LogP contribution in [0.1, 0.15) is 9.16 Å². The monoisotopic (exact) mass is 468 g/mol. The molecule has 0 atom stereocenters. The van der Waals surface area contributed by atoms with Gasteiger partial charge in [-0.05, 0) is 0 Å². The Bertz CT molecular complexity index is 631. The third-order valence-electron chi connectivity index (χ3n) is 3.09. The van der Waals surface area contributed by atoms with Gasteiger partial charge in [0.1, 0.15) is 0 Å². The molecule has 18 heteroatoms. The molecular formula is C10H5F17O. The first-order chi connectivity index (χ1) is 12.5. The van der Waals surface area contributed by atoms with Crippen molar-refractivity contribution in [2.45, 2.75) is 54.1 Å². The highest BCUT2D eigenvalue weighted by atomic mass is 19.4. The fourth-order valence-electron chi connectivity index (χ4n) is 1.41. The van der Waals surface area contributed by atoms with Crippen LogP contribution in [0.3, 0.4) is 0 Å². The van der Waals surface area contributed by atoms with Gasteiger partial charge < -0.3 is 5.11 Å². The van der Waals surface area contributed by atoms with Crippen LogP contribution in [0.5, 0.6) is 0 Å². The zero-order valence-electron chi connectivity index (χ0n) is 14.1. The van der Waals surface area contributed by atoms with E-state index in [0.717, 1.165) is 0 Å². The lowest BCUT2D eigenvalue weighted by Gasteiger charge is -2.42. The number of halogens is 17. The van der Waals surface area contributed by atoms with Gasteiger partial charge in [0.2, 0.25) is 0 Å². The second-order valence-corrected chi connectivity index (χ2v) is 4.98. The Balaban J connectivity index is 6.70. The van der Waals surface area contributed by atoms with E-state index in [0.29, 0.717) is 0 Å². The highest BCUT2D eigenvalue weighted by Crippen LogP contribution is 2.64. The predicted octanol–water partition coefficient (Wildman–Crippen LogP) is 5.38. The van der Waals surface area contributed by atoms with E-state index < -0.39 is 60.6 Å². The molecule has 0 aromatic carbocycles. The topological polar surface area (TPSA) is 20.2 Å². The molecule has 0 aliphatic carbocycles. The molecule has 28 heavy (non-hydrogen) atoms. The molecule has 0 saturated heterocycles. The highest BCUT2D eigenvalue weighted by molar-refractivity contribution is 5.15. The van der Waals surface area contributed by atoms with Crippen LogP contribution in [0.2, 0.25) is 0 Å². The fourth-order valence-corrected chi connectivity index (χ4v) is 1.41. The van der Waals surface area contributed by atoms with Crippen molar-refractivity contribution < 1.29 is 82.5 Å². The van der Waals surface area contributed by atoms with Gasteiger partial charge in [-0.3, -0.25) is 0 Å². The van der Waals surface area contributed by atoms with E-state index in [1.807, 2.05) is 0 Å². The van der Waals surface area contributed by atoms with Crippen LogP contribution in [0, 0.1) is 0 Å². The molecule has 0 radical (unpaired) electrons. The molecule has 0 aliphatic rings. The van der Waals surface area contributed by atoms with Gasteiger partial charge in [0.15, 0.2) is 0 Å². The maximum Gasteiger partial charge on any atom is 0.460 e. The summed E-state index contributed by atoms with van der Waals surface area (Å²) in [6.07, 6.45) is -11.4. The Hall–Kier alpha value is -1.23. The Morgan fingerprint density at radius 1 is 0.464 bits per heavy atom. The second kappa shape index (κ2) is 6.65. The molecule has 0 aromatic rings. The predicted molar refractivity (Wildman–Crippen MR) is 52.4 cm³/mol. The number of alkyl halides is 17. The second-order valence-electron chi connectivity index (χ2n) is 4.98. The van der Waals surface area contributed by atoms with E-state index in [9.17, 15) is 74.6 Å². The molecule has 0 unspecified atom stereocenters. The minimum atomic E-state index is -8.74. The van der Waals surface area contributed by atoms with E-state index >= 15 is 0 Å². The zero-order chi connectivity index (χ0) is 25.2. The molecule has 0 amide bonds. The summed E-state index contributed by atoms with van der Waals surface area (Å²) in [5, 5.41) is 8.27. The average molecular weight is 468 g/mol. The minimum Gasteiger partial charge on any atom is -0.396 e. The van der Waals surface area contributed by atoms with Gasteiger partial charge in [0.25, 0.3) is 0 Å². The molecular weight excluding hydrogens is 461 g/mol. The summed E-state index contributed by atoms with van der Waals surface area (Å²) in [6.45, 7) is -4.59. The summed E-state index contributed by atoms with van der Waals surface area (Å²) in [7, 11) is 0. The van der Waals surface area contributed by atoms with Crippen LogP contribution in [0.25, 0.3) is 0 Å². The normalized spacial score (nSPS) is 18.1. The first kappa shape index (κ1) is 23.1. The molecule has 0 saturated carbocycles. The quantitative estimate of drug-likeness (QED) is 0.375. The minimum absolute atomic E-state index is 3.54. The highest BCUT2D eigenvalue weighted by Gasteiger charge is 2.95. The number of rotatable bonds is 8. The van der Waals surface area contributed by atoms with Crippen LogP contribution in [-0.4, -0.2) is 59.3 Å². The van der Waals surface area contributed by atoms with E-state index in [1.165, 1.54) is 0 Å². The van der Waals surface area contributed by atoms with Crippen molar-refractivity contribution in [3.8, 4) is 0 Å². The molecule has 0 spiro atoms. The SMILES string of the molecule is [2H][13C]([2H])(O)[13CH2]C(F)(F)C(F)(F)C(F)(F)C(F)(F)C(F)(F)C(F)(F)C(F)(F)C(F)(F)F. The lowest BCUT2D eigenvalue weighted by atomic mass is 9.90. The van der Waals surface area contributed by atoms with Gasteiger partial charge in [0.05, 0.1) is 2.74 Å². The smallest absolute Gasteiger partial charge is 0.396 e. The zero-order valence-corrected chi connectivity index (χ0v) is 12.1. The van der Waals surface area contributed by atoms with E-state index in [4.69, 9.17) is 7.85 Å². The molecule has 170 valence electrons. The van der Waals surface area contributed by atoms with Gasteiger partial charge in [-0.2, -0.15) is 74.6 Å². The van der Waals surface area contributed by atoms with Crippen LogP contribution in [0.4, 0.5) is 74.6 Å². The lowest BCUT2D eigenvalue weighted by Crippen LogP contribution is -2.74. The van der Waals surface area contributed by atoms with E-state index in [1.54, 1.807) is 0 Å². The standard InChI is InChI=1S/C10H5F17O/c11-3(12,1-2-28)4(13,14)5(15,16)6(17,18)7(19,20)8(21,22)9(23,24)10(25,26)27/h28H,1-2H2/i1+1,2+1D2. The molecule has 0 aliphatic heterocycles. The van der Waals surface area contributed by atoms with Gasteiger partial charge in [-0.25, -0.2) is 0 Å². The molecule has 1 N–H and O–H groups in total. The third-order valence-corrected chi connectivity index (χ3v) is 3.09. The molecule has 0 heterocycles. The maximum absolute atomic E-state index is 13.2. The summed E-state index contributed by atoms with van der Waals surface area (Å²) in [5.74, 6) is -57.7. The van der Waals surface area contributed by atoms with Crippen LogP contribution < -0.4 is 0 Å². The summed E-state index contributed by atoms with van der Waals surface area (Å²) in [4.78, 5) is 0. The lowest BCUT2D eigenvalue weighted by molar-refractivity contribution is -0.461. The van der Waals surface area contributed by atoms with E-state index in [-0.39, 0.29) is 0 Å². The summed E-state index contributed by atoms with van der Waals surface area (Å²) in [5.41, 5.74) is 0. The molecule has 0 bridgehead atoms. The number of aliphatic hydroxyl groups is 1. The third kappa shape index (κ3) is 3.24. The van der Waals surface area contributed by atoms with Crippen LogP contribution >= 0.6 is 0 Å². The van der Waals surface area contributed by atoms with Crippen molar-refractivity contribution >= 4 is 0 Å². The Morgan fingerprint density at radius 2 is 0.714 bits per heavy atom. The summed E-state index contributed by atoms with van der Waals surface area (Å²) >= 11 is 0. The fraction of sp³-hybridized carbons (Fsp3) is 1.00. The van der Waals surface area contributed by atoms with Crippen molar-refractivity contribution in [2.75, 3.05) is 6.56 Å². The summed E-state index contributed by atoms with van der Waals surface area (Å²) in [6, 6.07) is 0. The van der Waals surface area contributed by atoms with Gasteiger partial charge in [0, 0.05) is 13.0 Å². The number of hydrogen-bond donors (Lipinski definition) is 1. The Labute approximate surface area is 144 Å². The van der Waals surface area contributed by atoms with E-state index in [2.05, 4.69) is 0 Å². The van der Waals surface area contributed by atoms with Crippen molar-refractivity contribution in [3.05, 3.63) is 0 Å². The Kier molecular flexibility index (Phi) is 5.47. The van der Waals surface area contributed by atoms with Gasteiger partial charge in [-0.15, -0.1) is 0 Å². The molecule has 0 fully saturated rings. The van der Waals surface area contributed by atoms with Gasteiger partial charge >= 0.3 is 47.6 Å². The van der Waals surface area contributed by atoms with Crippen molar-refractivity contribution in [1.82, 2.24) is 0 Å². The first-order valence-electron chi connectivity index (χ1n) is 6.89. The first-order valence-corrected chi connectivity index (χ1v) is 5.89. The molecule has 0 aromatic heterocycles. The van der Waals surface area contributed by atoms with Crippen molar-refractivity contribution in [1.29, 1.82) is 0 Å². The summed E-state index contributed by atoms with van der Waals surface area (Å²) < 4.78 is 230. The van der Waals surface area contributed by atoms with Gasteiger partial charge in [-0.1, -0.05) is 0 Å². The average Bonchev–Trinajstić information content (AvgIpc) is 2.41. The Morgan fingerprint density at radius 3 is 0.964 bits per heavy atom.